The van der Waals surface area contributed by atoms with Gasteiger partial charge in [-0.2, -0.15) is 0 Å². The SMILES string of the molecule is CC(=O)OC1=C(C)[C@@H](OC(C)=O)C[C@H](O)C(CO)=C[C@H](OC(C)=O)[C@@H]2C[C@H](O)C(C)=C([C@H]1OC(C)=O)C2(C)C. The van der Waals surface area contributed by atoms with Gasteiger partial charge in [0, 0.05) is 45.6 Å². The van der Waals surface area contributed by atoms with Crippen molar-refractivity contribution >= 4 is 23.9 Å². The lowest BCUT2D eigenvalue weighted by molar-refractivity contribution is -0.153. The molecule has 0 fully saturated rings. The number of hydrogen-bond donors (Lipinski definition) is 3. The molecule has 0 aromatic carbocycles. The number of hydrogen-bond acceptors (Lipinski definition) is 11. The number of esters is 4. The van der Waals surface area contributed by atoms with Gasteiger partial charge in [0.1, 0.15) is 12.2 Å². The average Bonchev–Trinajstić information content (AvgIpc) is 2.79. The van der Waals surface area contributed by atoms with Crippen LogP contribution in [0.3, 0.4) is 0 Å². The number of aliphatic hydroxyl groups excluding tert-OH is 3. The standard InChI is InChI=1S/C28H40O11/c1-13-21(34)10-20-24(37-16(4)31)9-19(12-29)22(35)11-23(36-15(3)30)14(2)26(38-17(5)32)27(39-18(6)33)25(13)28(20,7)8/h9,20-24,27,29,34-35H,10-12H2,1-8H3/t20-,21-,22-,23-,24-,27+/m0/s1. The lowest BCUT2D eigenvalue weighted by atomic mass is 9.60. The summed E-state index contributed by atoms with van der Waals surface area (Å²) < 4.78 is 22.5. The molecule has 0 amide bonds. The van der Waals surface area contributed by atoms with Crippen LogP contribution in [0.25, 0.3) is 0 Å². The molecule has 0 heterocycles. The predicted octanol–water partition coefficient (Wildman–Crippen LogP) is 2.03. The highest BCUT2D eigenvalue weighted by molar-refractivity contribution is 5.70. The Kier molecular flexibility index (Phi) is 10.6. The number of carbonyl (C=O) groups is 4. The number of aliphatic hydroxyl groups is 3. The Balaban J connectivity index is 3.05. The summed E-state index contributed by atoms with van der Waals surface area (Å²) in [6.07, 6.45) is -4.60. The molecule has 0 saturated carbocycles. The third-order valence-corrected chi connectivity index (χ3v) is 7.37. The molecule has 2 bridgehead atoms. The third-order valence-electron chi connectivity index (χ3n) is 7.37. The second-order valence-electron chi connectivity index (χ2n) is 10.6. The van der Waals surface area contributed by atoms with Crippen molar-refractivity contribution in [1.29, 1.82) is 0 Å². The van der Waals surface area contributed by atoms with E-state index in [4.69, 9.17) is 18.9 Å². The maximum atomic E-state index is 12.4. The molecule has 3 N–H and O–H groups in total. The van der Waals surface area contributed by atoms with E-state index in [0.29, 0.717) is 11.1 Å². The van der Waals surface area contributed by atoms with Crippen LogP contribution in [0.15, 0.2) is 34.1 Å². The second-order valence-corrected chi connectivity index (χ2v) is 10.6. The zero-order valence-electron chi connectivity index (χ0n) is 23.8. The van der Waals surface area contributed by atoms with Crippen LogP contribution in [0.5, 0.6) is 0 Å². The maximum absolute atomic E-state index is 12.4. The van der Waals surface area contributed by atoms with Gasteiger partial charge >= 0.3 is 23.9 Å². The van der Waals surface area contributed by atoms with Crippen molar-refractivity contribution in [1.82, 2.24) is 0 Å². The average molecular weight is 553 g/mol. The van der Waals surface area contributed by atoms with E-state index in [2.05, 4.69) is 0 Å². The van der Waals surface area contributed by atoms with Gasteiger partial charge in [-0.15, -0.1) is 0 Å². The van der Waals surface area contributed by atoms with Gasteiger partial charge in [0.25, 0.3) is 0 Å². The zero-order valence-corrected chi connectivity index (χ0v) is 23.8. The maximum Gasteiger partial charge on any atom is 0.307 e. The molecule has 0 unspecified atom stereocenters. The molecular formula is C28H40O11. The van der Waals surface area contributed by atoms with Crippen molar-refractivity contribution in [2.75, 3.05) is 6.61 Å². The Bertz CT molecular complexity index is 1080. The lowest BCUT2D eigenvalue weighted by Gasteiger charge is -2.48. The number of rotatable bonds is 5. The van der Waals surface area contributed by atoms with E-state index in [1.165, 1.54) is 33.8 Å². The highest BCUT2D eigenvalue weighted by Gasteiger charge is 2.50. The molecule has 11 nitrogen and oxygen atoms in total. The fourth-order valence-electron chi connectivity index (χ4n) is 5.52. The van der Waals surface area contributed by atoms with Gasteiger partial charge in [-0.25, -0.2) is 0 Å². The van der Waals surface area contributed by atoms with Crippen LogP contribution in [0.4, 0.5) is 0 Å². The Labute approximate surface area is 228 Å². The zero-order chi connectivity index (χ0) is 29.8. The normalized spacial score (nSPS) is 29.4. The van der Waals surface area contributed by atoms with Gasteiger partial charge in [-0.3, -0.25) is 19.2 Å². The summed E-state index contributed by atoms with van der Waals surface area (Å²) in [7, 11) is 0. The molecule has 39 heavy (non-hydrogen) atoms. The number of ether oxygens (including phenoxy) is 4. The van der Waals surface area contributed by atoms with Crippen molar-refractivity contribution in [3.63, 3.8) is 0 Å². The van der Waals surface area contributed by atoms with E-state index in [1.807, 2.05) is 13.8 Å². The van der Waals surface area contributed by atoms with Gasteiger partial charge < -0.3 is 34.3 Å². The second kappa shape index (κ2) is 12.9. The summed E-state index contributed by atoms with van der Waals surface area (Å²) in [6, 6.07) is 0. The topological polar surface area (TPSA) is 166 Å². The van der Waals surface area contributed by atoms with Crippen LogP contribution >= 0.6 is 0 Å². The largest absolute Gasteiger partial charge is 0.458 e. The Morgan fingerprint density at radius 3 is 1.90 bits per heavy atom. The van der Waals surface area contributed by atoms with E-state index in [1.54, 1.807) is 6.92 Å². The molecule has 0 aromatic rings. The van der Waals surface area contributed by atoms with Crippen LogP contribution in [-0.4, -0.2) is 76.3 Å². The molecule has 2 rings (SSSR count). The quantitative estimate of drug-likeness (QED) is 0.259. The highest BCUT2D eigenvalue weighted by Crippen LogP contribution is 2.51. The molecule has 0 aromatic heterocycles. The van der Waals surface area contributed by atoms with E-state index < -0.39 is 72.3 Å². The number of fused-ring (bicyclic) bond motifs is 2. The summed E-state index contributed by atoms with van der Waals surface area (Å²) in [5.74, 6) is -3.52. The van der Waals surface area contributed by atoms with Gasteiger partial charge in [-0.05, 0) is 48.5 Å². The Morgan fingerprint density at radius 2 is 1.41 bits per heavy atom. The molecular weight excluding hydrogens is 512 g/mol. The van der Waals surface area contributed by atoms with Crippen molar-refractivity contribution < 1.29 is 53.4 Å². The molecule has 2 aliphatic carbocycles. The van der Waals surface area contributed by atoms with Gasteiger partial charge in [-0.1, -0.05) is 13.8 Å². The summed E-state index contributed by atoms with van der Waals surface area (Å²) in [5.41, 5.74) is 0.209. The third kappa shape index (κ3) is 7.55. The van der Waals surface area contributed by atoms with E-state index in [-0.39, 0.29) is 29.7 Å². The first kappa shape index (κ1) is 32.2. The van der Waals surface area contributed by atoms with E-state index in [0.717, 1.165) is 6.92 Å². The van der Waals surface area contributed by atoms with Crippen molar-refractivity contribution in [2.24, 2.45) is 11.3 Å². The minimum absolute atomic E-state index is 0.107. The molecule has 0 radical (unpaired) electrons. The van der Waals surface area contributed by atoms with E-state index >= 15 is 0 Å². The number of carbonyl (C=O) groups excluding carboxylic acids is 4. The van der Waals surface area contributed by atoms with Crippen LogP contribution < -0.4 is 0 Å². The fourth-order valence-corrected chi connectivity index (χ4v) is 5.52. The monoisotopic (exact) mass is 552 g/mol. The molecule has 218 valence electrons. The summed E-state index contributed by atoms with van der Waals surface area (Å²) >= 11 is 0. The van der Waals surface area contributed by atoms with Crippen molar-refractivity contribution in [3.8, 4) is 0 Å². The summed E-state index contributed by atoms with van der Waals surface area (Å²) in [5, 5.41) is 32.4. The Morgan fingerprint density at radius 1 is 0.846 bits per heavy atom. The fraction of sp³-hybridized carbons (Fsp3) is 0.643. The predicted molar refractivity (Wildman–Crippen MR) is 138 cm³/mol. The van der Waals surface area contributed by atoms with Gasteiger partial charge in [0.15, 0.2) is 11.9 Å². The van der Waals surface area contributed by atoms with Crippen molar-refractivity contribution in [2.45, 2.75) is 98.8 Å². The lowest BCUT2D eigenvalue weighted by Crippen LogP contribution is -2.48. The molecule has 0 aliphatic heterocycles. The van der Waals surface area contributed by atoms with Gasteiger partial charge in [0.2, 0.25) is 0 Å². The first-order valence-electron chi connectivity index (χ1n) is 12.8. The summed E-state index contributed by atoms with van der Waals surface area (Å²) in [4.78, 5) is 48.9. The Hall–Kier alpha value is -3.02. The smallest absolute Gasteiger partial charge is 0.307 e. The minimum Gasteiger partial charge on any atom is -0.458 e. The van der Waals surface area contributed by atoms with Crippen molar-refractivity contribution in [3.05, 3.63) is 34.1 Å². The van der Waals surface area contributed by atoms with Crippen LogP contribution in [0, 0.1) is 11.3 Å². The highest BCUT2D eigenvalue weighted by atomic mass is 16.6. The summed E-state index contributed by atoms with van der Waals surface area (Å²) in [6.45, 7) is 10.9. The molecule has 0 saturated heterocycles. The van der Waals surface area contributed by atoms with Crippen LogP contribution in [0.2, 0.25) is 0 Å². The molecule has 2 aliphatic rings. The molecule has 0 spiro atoms. The molecule has 6 atom stereocenters. The van der Waals surface area contributed by atoms with Gasteiger partial charge in [0.05, 0.1) is 18.8 Å². The first-order valence-corrected chi connectivity index (χ1v) is 12.8. The van der Waals surface area contributed by atoms with Crippen LogP contribution in [0.1, 0.15) is 68.2 Å². The minimum atomic E-state index is -1.37. The first-order chi connectivity index (χ1) is 18.0. The van der Waals surface area contributed by atoms with Crippen LogP contribution in [-0.2, 0) is 38.1 Å². The van der Waals surface area contributed by atoms with E-state index in [9.17, 15) is 34.5 Å². The molecule has 11 heteroatoms.